The van der Waals surface area contributed by atoms with Crippen molar-refractivity contribution in [3.8, 4) is 0 Å². The standard InChI is InChI=1S/C10H8ClF3N2S/c1-2-5-3-6-8(11)15-7(4-10(12,13)14)16-9(6)17-5/h3H,2,4H2,1H3. The van der Waals surface area contributed by atoms with E-state index in [-0.39, 0.29) is 11.0 Å². The topological polar surface area (TPSA) is 25.8 Å². The number of hydrogen-bond donors (Lipinski definition) is 0. The molecule has 0 aliphatic carbocycles. The van der Waals surface area contributed by atoms with E-state index in [9.17, 15) is 13.2 Å². The molecule has 0 radical (unpaired) electrons. The minimum Gasteiger partial charge on any atom is -0.222 e. The van der Waals surface area contributed by atoms with Crippen LogP contribution in [0.4, 0.5) is 13.2 Å². The van der Waals surface area contributed by atoms with E-state index in [4.69, 9.17) is 11.6 Å². The van der Waals surface area contributed by atoms with Crippen LogP contribution in [0.1, 0.15) is 17.6 Å². The third-order valence-electron chi connectivity index (χ3n) is 2.15. The minimum atomic E-state index is -4.32. The maximum absolute atomic E-state index is 12.2. The molecule has 7 heteroatoms. The zero-order valence-corrected chi connectivity index (χ0v) is 10.4. The van der Waals surface area contributed by atoms with Gasteiger partial charge in [-0.3, -0.25) is 0 Å². The highest BCUT2D eigenvalue weighted by Crippen LogP contribution is 2.30. The van der Waals surface area contributed by atoms with Gasteiger partial charge in [0.1, 0.15) is 22.2 Å². The van der Waals surface area contributed by atoms with Crippen molar-refractivity contribution in [3.63, 3.8) is 0 Å². The second-order valence-corrected chi connectivity index (χ2v) is 4.98. The Kier molecular flexibility index (Phi) is 3.27. The molecule has 0 saturated heterocycles. The molecule has 0 aliphatic rings. The number of halogens is 4. The lowest BCUT2D eigenvalue weighted by Gasteiger charge is -2.05. The van der Waals surface area contributed by atoms with Crippen molar-refractivity contribution >= 4 is 33.2 Å². The molecule has 0 aromatic carbocycles. The molecule has 0 N–H and O–H groups in total. The van der Waals surface area contributed by atoms with Gasteiger partial charge in [0.15, 0.2) is 0 Å². The number of aryl methyl sites for hydroxylation is 1. The Morgan fingerprint density at radius 2 is 2.06 bits per heavy atom. The number of hydrogen-bond acceptors (Lipinski definition) is 3. The second-order valence-electron chi connectivity index (χ2n) is 3.51. The predicted octanol–water partition coefficient (Wildman–Crippen LogP) is 4.01. The van der Waals surface area contributed by atoms with Gasteiger partial charge in [0.05, 0.1) is 0 Å². The van der Waals surface area contributed by atoms with Crippen molar-refractivity contribution in [3.05, 3.63) is 21.9 Å². The summed E-state index contributed by atoms with van der Waals surface area (Å²) in [7, 11) is 0. The molecule has 0 atom stereocenters. The maximum atomic E-state index is 12.2. The van der Waals surface area contributed by atoms with Crippen LogP contribution in [0.5, 0.6) is 0 Å². The van der Waals surface area contributed by atoms with Gasteiger partial charge in [0.25, 0.3) is 0 Å². The Morgan fingerprint density at radius 3 is 2.65 bits per heavy atom. The van der Waals surface area contributed by atoms with Gasteiger partial charge in [0, 0.05) is 10.3 Å². The Labute approximate surface area is 104 Å². The van der Waals surface area contributed by atoms with Gasteiger partial charge in [0.2, 0.25) is 0 Å². The average Bonchev–Trinajstić information content (AvgIpc) is 2.58. The van der Waals surface area contributed by atoms with E-state index in [1.54, 1.807) is 0 Å². The molecular formula is C10H8ClF3N2S. The molecule has 0 saturated carbocycles. The van der Waals surface area contributed by atoms with Crippen LogP contribution in [0.15, 0.2) is 6.07 Å². The van der Waals surface area contributed by atoms with E-state index in [2.05, 4.69) is 9.97 Å². The molecule has 17 heavy (non-hydrogen) atoms. The van der Waals surface area contributed by atoms with Crippen LogP contribution in [0, 0.1) is 0 Å². The van der Waals surface area contributed by atoms with Crippen molar-refractivity contribution < 1.29 is 13.2 Å². The Balaban J connectivity index is 2.47. The fourth-order valence-corrected chi connectivity index (χ4v) is 2.69. The molecule has 2 aromatic rings. The minimum absolute atomic E-state index is 0.0881. The Hall–Kier alpha value is -0.880. The molecule has 0 spiro atoms. The zero-order valence-electron chi connectivity index (χ0n) is 8.81. The summed E-state index contributed by atoms with van der Waals surface area (Å²) in [6.45, 7) is 1.96. The van der Waals surface area contributed by atoms with Crippen molar-refractivity contribution in [2.75, 3.05) is 0 Å². The van der Waals surface area contributed by atoms with E-state index in [1.165, 1.54) is 11.3 Å². The van der Waals surface area contributed by atoms with E-state index < -0.39 is 12.6 Å². The summed E-state index contributed by atoms with van der Waals surface area (Å²) in [5, 5.41) is 0.713. The van der Waals surface area contributed by atoms with Crippen molar-refractivity contribution in [1.82, 2.24) is 9.97 Å². The van der Waals surface area contributed by atoms with E-state index in [1.807, 2.05) is 13.0 Å². The first-order valence-electron chi connectivity index (χ1n) is 4.90. The van der Waals surface area contributed by atoms with Crippen LogP contribution in [0.2, 0.25) is 5.15 Å². The van der Waals surface area contributed by atoms with E-state index >= 15 is 0 Å². The van der Waals surface area contributed by atoms with Gasteiger partial charge in [-0.1, -0.05) is 18.5 Å². The smallest absolute Gasteiger partial charge is 0.222 e. The summed E-state index contributed by atoms with van der Waals surface area (Å²) in [5.74, 6) is -0.278. The molecule has 0 unspecified atom stereocenters. The molecule has 0 amide bonds. The van der Waals surface area contributed by atoms with Gasteiger partial charge in [-0.25, -0.2) is 9.97 Å². The van der Waals surface area contributed by atoms with Crippen molar-refractivity contribution in [2.24, 2.45) is 0 Å². The molecule has 2 nitrogen and oxygen atoms in total. The number of rotatable bonds is 2. The lowest BCUT2D eigenvalue weighted by atomic mass is 10.3. The normalized spacial score (nSPS) is 12.3. The third-order valence-corrected chi connectivity index (χ3v) is 3.61. The molecule has 0 fully saturated rings. The number of alkyl halides is 3. The van der Waals surface area contributed by atoms with Crippen LogP contribution in [-0.4, -0.2) is 16.1 Å². The van der Waals surface area contributed by atoms with E-state index in [0.29, 0.717) is 10.2 Å². The fraction of sp³-hybridized carbons (Fsp3) is 0.400. The summed E-state index contributed by atoms with van der Waals surface area (Å²) in [6.07, 6.45) is -4.67. The molecule has 2 rings (SSSR count). The van der Waals surface area contributed by atoms with Crippen LogP contribution in [0.25, 0.3) is 10.2 Å². The van der Waals surface area contributed by atoms with Crippen LogP contribution >= 0.6 is 22.9 Å². The van der Waals surface area contributed by atoms with Crippen molar-refractivity contribution in [1.29, 1.82) is 0 Å². The Bertz CT molecular complexity index is 550. The molecule has 0 aliphatic heterocycles. The largest absolute Gasteiger partial charge is 0.396 e. The average molecular weight is 281 g/mol. The summed E-state index contributed by atoms with van der Waals surface area (Å²) in [6, 6.07) is 1.82. The first-order chi connectivity index (χ1) is 7.89. The molecule has 0 bridgehead atoms. The van der Waals surface area contributed by atoms with Gasteiger partial charge < -0.3 is 0 Å². The monoisotopic (exact) mass is 280 g/mol. The fourth-order valence-electron chi connectivity index (χ4n) is 1.41. The lowest BCUT2D eigenvalue weighted by molar-refractivity contribution is -0.128. The van der Waals surface area contributed by atoms with Gasteiger partial charge in [-0.15, -0.1) is 11.3 Å². The third kappa shape index (κ3) is 2.87. The summed E-state index contributed by atoms with van der Waals surface area (Å²) < 4.78 is 36.7. The van der Waals surface area contributed by atoms with Gasteiger partial charge in [-0.2, -0.15) is 13.2 Å². The summed E-state index contributed by atoms with van der Waals surface area (Å²) >= 11 is 7.20. The molecule has 2 aromatic heterocycles. The highest BCUT2D eigenvalue weighted by molar-refractivity contribution is 7.18. The lowest BCUT2D eigenvalue weighted by Crippen LogP contribution is -2.14. The number of nitrogens with zero attached hydrogens (tertiary/aromatic N) is 2. The van der Waals surface area contributed by atoms with Crippen molar-refractivity contribution in [2.45, 2.75) is 25.9 Å². The first-order valence-corrected chi connectivity index (χ1v) is 6.10. The van der Waals surface area contributed by atoms with Crippen LogP contribution in [0.3, 0.4) is 0 Å². The Morgan fingerprint density at radius 1 is 1.35 bits per heavy atom. The van der Waals surface area contributed by atoms with Crippen LogP contribution in [-0.2, 0) is 12.8 Å². The quantitative estimate of drug-likeness (QED) is 0.777. The van der Waals surface area contributed by atoms with Crippen LogP contribution < -0.4 is 0 Å². The summed E-state index contributed by atoms with van der Waals surface area (Å²) in [4.78, 5) is 9.11. The highest BCUT2D eigenvalue weighted by atomic mass is 35.5. The SMILES string of the molecule is CCc1cc2c(Cl)nc(CC(F)(F)F)nc2s1. The number of thiophene rings is 1. The first kappa shape index (κ1) is 12.6. The zero-order chi connectivity index (χ0) is 12.6. The summed E-state index contributed by atoms with van der Waals surface area (Å²) in [5.41, 5.74) is 0. The van der Waals surface area contributed by atoms with Gasteiger partial charge in [-0.05, 0) is 12.5 Å². The number of fused-ring (bicyclic) bond motifs is 1. The second kappa shape index (κ2) is 4.42. The molecule has 2 heterocycles. The van der Waals surface area contributed by atoms with Gasteiger partial charge >= 0.3 is 6.18 Å². The molecular weight excluding hydrogens is 273 g/mol. The highest BCUT2D eigenvalue weighted by Gasteiger charge is 2.30. The number of aromatic nitrogens is 2. The predicted molar refractivity (Wildman–Crippen MR) is 61.6 cm³/mol. The maximum Gasteiger partial charge on any atom is 0.396 e. The molecule has 92 valence electrons. The van der Waals surface area contributed by atoms with E-state index in [0.717, 1.165) is 11.3 Å².